The number of nitrogens with zero attached hydrogens (tertiary/aromatic N) is 1. The Labute approximate surface area is 204 Å². The third kappa shape index (κ3) is 5.75. The van der Waals surface area contributed by atoms with Crippen LogP contribution in [0, 0.1) is 5.82 Å². The third-order valence-electron chi connectivity index (χ3n) is 5.79. The summed E-state index contributed by atoms with van der Waals surface area (Å²) in [6.45, 7) is 0.822. The Bertz CT molecular complexity index is 1270. The Hall–Kier alpha value is -3.97. The molecule has 2 N–H and O–H groups in total. The van der Waals surface area contributed by atoms with Crippen LogP contribution in [-0.2, 0) is 27.3 Å². The molecule has 0 unspecified atom stereocenters. The van der Waals surface area contributed by atoms with Gasteiger partial charge in [0.15, 0.2) is 0 Å². The molecular weight excluding hydrogens is 445 g/mol. The van der Waals surface area contributed by atoms with Gasteiger partial charge in [0.2, 0.25) is 0 Å². The highest BCUT2D eigenvalue weighted by Crippen LogP contribution is 2.38. The van der Waals surface area contributed by atoms with Gasteiger partial charge in [-0.25, -0.2) is 4.39 Å². The first kappa shape index (κ1) is 24.2. The minimum absolute atomic E-state index is 0.261. The first-order chi connectivity index (χ1) is 16.8. The van der Waals surface area contributed by atoms with E-state index in [4.69, 9.17) is 4.74 Å². The predicted octanol–water partition coefficient (Wildman–Crippen LogP) is 4.93. The second kappa shape index (κ2) is 10.5. The monoisotopic (exact) mass is 473 g/mol. The molecular formula is C28H28FN3O3. The summed E-state index contributed by atoms with van der Waals surface area (Å²) in [5.41, 5.74) is 5.92. The number of halogens is 1. The molecule has 1 aliphatic heterocycles. The number of rotatable bonds is 8. The molecule has 1 amide bonds. The molecule has 0 saturated carbocycles. The maximum absolute atomic E-state index is 13.8. The maximum atomic E-state index is 13.8. The summed E-state index contributed by atoms with van der Waals surface area (Å²) in [7, 11) is 5.41. The Morgan fingerprint density at radius 3 is 2.34 bits per heavy atom. The Morgan fingerprint density at radius 1 is 1.00 bits per heavy atom. The molecule has 0 aliphatic carbocycles. The van der Waals surface area contributed by atoms with Gasteiger partial charge < -0.3 is 20.3 Å². The van der Waals surface area contributed by atoms with Crippen molar-refractivity contribution in [2.75, 3.05) is 31.8 Å². The number of carbonyl (C=O) groups excluding carboxylic acids is 2. The summed E-state index contributed by atoms with van der Waals surface area (Å²) in [6, 6.07) is 20.0. The predicted molar refractivity (Wildman–Crippen MR) is 136 cm³/mol. The lowest BCUT2D eigenvalue weighted by Crippen LogP contribution is -2.11. The number of anilines is 2. The van der Waals surface area contributed by atoms with Crippen molar-refractivity contribution in [3.8, 4) is 0 Å². The number of hydrogen-bond acceptors (Lipinski definition) is 5. The van der Waals surface area contributed by atoms with Crippen LogP contribution in [0.4, 0.5) is 15.8 Å². The number of benzene rings is 3. The second-order valence-corrected chi connectivity index (χ2v) is 8.73. The third-order valence-corrected chi connectivity index (χ3v) is 5.79. The van der Waals surface area contributed by atoms with Crippen LogP contribution < -0.4 is 10.6 Å². The van der Waals surface area contributed by atoms with E-state index in [0.717, 1.165) is 23.4 Å². The van der Waals surface area contributed by atoms with E-state index in [1.54, 1.807) is 6.07 Å². The van der Waals surface area contributed by atoms with E-state index in [0.29, 0.717) is 35.4 Å². The van der Waals surface area contributed by atoms with Gasteiger partial charge in [-0.2, -0.15) is 0 Å². The number of carbonyl (C=O) groups is 2. The highest BCUT2D eigenvalue weighted by atomic mass is 19.1. The molecule has 4 rings (SSSR count). The van der Waals surface area contributed by atoms with Gasteiger partial charge in [-0.05, 0) is 67.5 Å². The van der Waals surface area contributed by atoms with Gasteiger partial charge in [0.05, 0.1) is 24.1 Å². The van der Waals surface area contributed by atoms with Crippen LogP contribution in [0.1, 0.15) is 28.7 Å². The van der Waals surface area contributed by atoms with E-state index in [2.05, 4.69) is 15.5 Å². The van der Waals surface area contributed by atoms with Crippen LogP contribution in [0.15, 0.2) is 66.7 Å². The quantitative estimate of drug-likeness (QED) is 0.359. The number of amides is 1. The molecule has 0 aromatic heterocycles. The molecule has 180 valence electrons. The fraction of sp³-hybridized carbons (Fsp3) is 0.214. The normalized spacial score (nSPS) is 13.9. The average molecular weight is 474 g/mol. The van der Waals surface area contributed by atoms with E-state index in [1.165, 1.54) is 24.8 Å². The van der Waals surface area contributed by atoms with Gasteiger partial charge in [-0.3, -0.25) is 9.59 Å². The zero-order valence-corrected chi connectivity index (χ0v) is 20.0. The van der Waals surface area contributed by atoms with Gasteiger partial charge in [0, 0.05) is 24.2 Å². The number of fused-ring (bicyclic) bond motifs is 1. The van der Waals surface area contributed by atoms with Crippen molar-refractivity contribution in [3.63, 3.8) is 0 Å². The summed E-state index contributed by atoms with van der Waals surface area (Å²) in [4.78, 5) is 26.6. The van der Waals surface area contributed by atoms with Gasteiger partial charge in [-0.1, -0.05) is 36.4 Å². The zero-order valence-electron chi connectivity index (χ0n) is 20.0. The molecule has 6 nitrogen and oxygen atoms in total. The SMILES string of the molecule is COC(=O)CCc1ccc(C(Nc2ccc(CN(C)C)cc2)=C2C(=O)Nc3cc(F)ccc32)cc1. The van der Waals surface area contributed by atoms with Gasteiger partial charge in [0.1, 0.15) is 5.82 Å². The van der Waals surface area contributed by atoms with Crippen LogP contribution in [0.2, 0.25) is 0 Å². The number of aryl methyl sites for hydroxylation is 1. The van der Waals surface area contributed by atoms with Crippen LogP contribution >= 0.6 is 0 Å². The highest BCUT2D eigenvalue weighted by Gasteiger charge is 2.28. The minimum Gasteiger partial charge on any atom is -0.469 e. The fourth-order valence-electron chi connectivity index (χ4n) is 4.06. The topological polar surface area (TPSA) is 70.7 Å². The maximum Gasteiger partial charge on any atom is 0.305 e. The van der Waals surface area contributed by atoms with E-state index in [-0.39, 0.29) is 11.9 Å². The molecule has 0 fully saturated rings. The number of ether oxygens (including phenoxy) is 1. The van der Waals surface area contributed by atoms with Crippen LogP contribution in [-0.4, -0.2) is 38.0 Å². The fourth-order valence-corrected chi connectivity index (χ4v) is 4.06. The molecule has 0 saturated heterocycles. The van der Waals surface area contributed by atoms with E-state index >= 15 is 0 Å². The molecule has 7 heteroatoms. The van der Waals surface area contributed by atoms with Crippen molar-refractivity contribution in [2.45, 2.75) is 19.4 Å². The lowest BCUT2D eigenvalue weighted by atomic mass is 9.98. The van der Waals surface area contributed by atoms with Crippen molar-refractivity contribution < 1.29 is 18.7 Å². The van der Waals surface area contributed by atoms with E-state index in [9.17, 15) is 14.0 Å². The minimum atomic E-state index is -0.411. The lowest BCUT2D eigenvalue weighted by Gasteiger charge is -2.16. The standard InChI is InChI=1S/C28H28FN3O3/c1-32(2)17-19-6-12-22(13-7-19)30-27(20-9-4-18(5-10-20)8-15-25(33)35-3)26-23-14-11-21(29)16-24(23)31-28(26)34/h4-7,9-14,16,30H,8,15,17H2,1-3H3,(H,31,34). The smallest absolute Gasteiger partial charge is 0.305 e. The van der Waals surface area contributed by atoms with Crippen molar-refractivity contribution in [1.29, 1.82) is 0 Å². The lowest BCUT2D eigenvalue weighted by molar-refractivity contribution is -0.140. The number of hydrogen-bond donors (Lipinski definition) is 2. The van der Waals surface area contributed by atoms with Crippen LogP contribution in [0.3, 0.4) is 0 Å². The highest BCUT2D eigenvalue weighted by molar-refractivity contribution is 6.37. The molecule has 3 aromatic carbocycles. The van der Waals surface area contributed by atoms with Crippen LogP contribution in [0.25, 0.3) is 11.3 Å². The van der Waals surface area contributed by atoms with Crippen molar-refractivity contribution in [1.82, 2.24) is 4.90 Å². The van der Waals surface area contributed by atoms with Crippen LogP contribution in [0.5, 0.6) is 0 Å². The largest absolute Gasteiger partial charge is 0.469 e. The molecule has 0 radical (unpaired) electrons. The summed E-state index contributed by atoms with van der Waals surface area (Å²) >= 11 is 0. The summed E-state index contributed by atoms with van der Waals surface area (Å²) in [6.07, 6.45) is 0.852. The Kier molecular flexibility index (Phi) is 7.27. The first-order valence-corrected chi connectivity index (χ1v) is 11.4. The number of methoxy groups -OCH3 is 1. The van der Waals surface area contributed by atoms with E-state index < -0.39 is 5.82 Å². The number of nitrogens with one attached hydrogen (secondary N) is 2. The molecule has 3 aromatic rings. The van der Waals surface area contributed by atoms with Crippen molar-refractivity contribution in [2.24, 2.45) is 0 Å². The second-order valence-electron chi connectivity index (χ2n) is 8.73. The average Bonchev–Trinajstić information content (AvgIpc) is 3.16. The molecule has 0 atom stereocenters. The zero-order chi connectivity index (χ0) is 24.9. The van der Waals surface area contributed by atoms with Gasteiger partial charge in [-0.15, -0.1) is 0 Å². The molecule has 1 aliphatic rings. The van der Waals surface area contributed by atoms with Crippen molar-refractivity contribution >= 4 is 34.5 Å². The van der Waals surface area contributed by atoms with E-state index in [1.807, 2.05) is 62.6 Å². The molecule has 1 heterocycles. The first-order valence-electron chi connectivity index (χ1n) is 11.4. The van der Waals surface area contributed by atoms with Crippen molar-refractivity contribution in [3.05, 3.63) is 94.8 Å². The number of esters is 1. The molecule has 35 heavy (non-hydrogen) atoms. The summed E-state index contributed by atoms with van der Waals surface area (Å²) < 4.78 is 18.5. The molecule has 0 spiro atoms. The van der Waals surface area contributed by atoms with Gasteiger partial charge in [0.25, 0.3) is 5.91 Å². The molecule has 0 bridgehead atoms. The Morgan fingerprint density at radius 2 is 1.69 bits per heavy atom. The van der Waals surface area contributed by atoms with Gasteiger partial charge >= 0.3 is 5.97 Å². The summed E-state index contributed by atoms with van der Waals surface area (Å²) in [5.74, 6) is -0.971. The summed E-state index contributed by atoms with van der Waals surface area (Å²) in [5, 5.41) is 6.19. The Balaban J connectivity index is 1.72.